The molecule has 0 aromatic heterocycles. The van der Waals surface area contributed by atoms with Crippen LogP contribution in [0.3, 0.4) is 0 Å². The van der Waals surface area contributed by atoms with Gasteiger partial charge in [-0.1, -0.05) is 229 Å². The number of unbranched alkanes of at least 4 members (excludes halogenated alkanes) is 30. The minimum atomic E-state index is -0.787. The molecule has 0 N–H and O–H groups in total. The lowest BCUT2D eigenvalue weighted by Gasteiger charge is -2.18. The quantitative estimate of drug-likeness (QED) is 0.0262. The van der Waals surface area contributed by atoms with Crippen LogP contribution >= 0.6 is 0 Å². The molecule has 0 aliphatic heterocycles. The van der Waals surface area contributed by atoms with Crippen molar-refractivity contribution in [2.24, 2.45) is 0 Å². The smallest absolute Gasteiger partial charge is 0.306 e. The Morgan fingerprint density at radius 1 is 0.290 bits per heavy atom. The fraction of sp³-hybridized carbons (Fsp3) is 0.762. The van der Waals surface area contributed by atoms with E-state index in [2.05, 4.69) is 93.7 Å². The molecule has 398 valence electrons. The van der Waals surface area contributed by atoms with E-state index in [1.807, 2.05) is 0 Å². The molecule has 69 heavy (non-hydrogen) atoms. The van der Waals surface area contributed by atoms with Crippen molar-refractivity contribution in [2.75, 3.05) is 13.2 Å². The third-order valence-corrected chi connectivity index (χ3v) is 12.7. The molecule has 0 aromatic carbocycles. The molecule has 0 saturated carbocycles. The minimum Gasteiger partial charge on any atom is -0.462 e. The molecule has 0 heterocycles. The summed E-state index contributed by atoms with van der Waals surface area (Å²) >= 11 is 0. The molecule has 0 aliphatic rings. The Balaban J connectivity index is 4.41. The van der Waals surface area contributed by atoms with E-state index in [4.69, 9.17) is 14.2 Å². The molecule has 6 heteroatoms. The summed E-state index contributed by atoms with van der Waals surface area (Å²) < 4.78 is 16.9. The number of carbonyl (C=O) groups is 3. The second-order valence-electron chi connectivity index (χ2n) is 19.5. The van der Waals surface area contributed by atoms with Crippen LogP contribution in [0.1, 0.15) is 290 Å². The van der Waals surface area contributed by atoms with Crippen molar-refractivity contribution < 1.29 is 28.6 Å². The van der Waals surface area contributed by atoms with Crippen molar-refractivity contribution in [1.29, 1.82) is 0 Å². The van der Waals surface area contributed by atoms with E-state index < -0.39 is 6.10 Å². The number of hydrogen-bond donors (Lipinski definition) is 0. The van der Waals surface area contributed by atoms with Crippen molar-refractivity contribution in [2.45, 2.75) is 297 Å². The molecule has 0 amide bonds. The van der Waals surface area contributed by atoms with Crippen LogP contribution in [-0.2, 0) is 28.6 Å². The van der Waals surface area contributed by atoms with Gasteiger partial charge in [0.1, 0.15) is 13.2 Å². The summed E-state index contributed by atoms with van der Waals surface area (Å²) in [6.45, 7) is 6.56. The summed E-state index contributed by atoms with van der Waals surface area (Å²) in [5.74, 6) is -0.902. The molecule has 0 aliphatic carbocycles. The summed E-state index contributed by atoms with van der Waals surface area (Å²) in [5.41, 5.74) is 0. The Labute approximate surface area is 427 Å². The number of allylic oxidation sites excluding steroid dienone is 12. The summed E-state index contributed by atoms with van der Waals surface area (Å²) in [7, 11) is 0. The van der Waals surface area contributed by atoms with Crippen LogP contribution in [0.25, 0.3) is 0 Å². The monoisotopic (exact) mass is 963 g/mol. The van der Waals surface area contributed by atoms with Gasteiger partial charge in [0.2, 0.25) is 0 Å². The number of hydrogen-bond acceptors (Lipinski definition) is 6. The summed E-state index contributed by atoms with van der Waals surface area (Å²) in [4.78, 5) is 38.2. The van der Waals surface area contributed by atoms with E-state index >= 15 is 0 Å². The second kappa shape index (κ2) is 57.4. The maximum absolute atomic E-state index is 12.9. The molecule has 0 radical (unpaired) electrons. The summed E-state index contributed by atoms with van der Waals surface area (Å²) in [6.07, 6.45) is 73.1. The van der Waals surface area contributed by atoms with Crippen LogP contribution in [0.15, 0.2) is 72.9 Å². The van der Waals surface area contributed by atoms with Crippen molar-refractivity contribution in [3.05, 3.63) is 72.9 Å². The molecule has 6 nitrogen and oxygen atoms in total. The van der Waals surface area contributed by atoms with E-state index in [1.54, 1.807) is 0 Å². The zero-order chi connectivity index (χ0) is 50.0. The number of rotatable bonds is 53. The second-order valence-corrected chi connectivity index (χ2v) is 19.5. The van der Waals surface area contributed by atoms with Gasteiger partial charge in [-0.3, -0.25) is 14.4 Å². The van der Waals surface area contributed by atoms with Crippen LogP contribution in [0, 0.1) is 0 Å². The molecule has 0 aromatic rings. The largest absolute Gasteiger partial charge is 0.462 e. The van der Waals surface area contributed by atoms with E-state index in [1.165, 1.54) is 154 Å². The van der Waals surface area contributed by atoms with Gasteiger partial charge in [-0.05, 0) is 116 Å². The number of carbonyl (C=O) groups excluding carboxylic acids is 3. The maximum Gasteiger partial charge on any atom is 0.306 e. The van der Waals surface area contributed by atoms with E-state index in [0.717, 1.165) is 96.3 Å². The standard InChI is InChI=1S/C63H110O6/c1-4-7-10-13-16-19-22-25-28-30-31-33-36-39-42-45-48-51-54-57-63(66)69-60(58-67-61(64)55-52-49-46-43-40-37-34-27-24-21-18-15-12-9-6-3)59-68-62(65)56-53-50-47-44-41-38-35-32-29-26-23-20-17-14-11-8-5-2/h16-21,25-29,34,60H,4-15,22-24,30-33,35-59H2,1-3H3/b19-16-,20-17-,21-18-,28-25-,29-26-,34-27-/t60-/m0/s1. The van der Waals surface area contributed by atoms with Gasteiger partial charge in [0.15, 0.2) is 6.10 Å². The topological polar surface area (TPSA) is 78.9 Å². The molecule has 0 bridgehead atoms. The lowest BCUT2D eigenvalue weighted by molar-refractivity contribution is -0.167. The first-order valence-corrected chi connectivity index (χ1v) is 29.4. The summed E-state index contributed by atoms with van der Waals surface area (Å²) in [6, 6.07) is 0. The van der Waals surface area contributed by atoms with Gasteiger partial charge in [-0.15, -0.1) is 0 Å². The van der Waals surface area contributed by atoms with Gasteiger partial charge < -0.3 is 14.2 Å². The normalized spacial score (nSPS) is 12.6. The Morgan fingerprint density at radius 2 is 0.522 bits per heavy atom. The van der Waals surface area contributed by atoms with Gasteiger partial charge in [0.05, 0.1) is 0 Å². The Bertz CT molecular complexity index is 1290. The zero-order valence-corrected chi connectivity index (χ0v) is 45.6. The highest BCUT2D eigenvalue weighted by Crippen LogP contribution is 2.15. The SMILES string of the molecule is CCCCC/C=C\C/C=C\CCCCCCCCCCCC(=O)O[C@@H](COC(=O)CCCCCCC/C=C\C/C=C\CCCCC)COC(=O)CCCCCCCCC/C=C\C/C=C\CCCCC. The fourth-order valence-electron chi connectivity index (χ4n) is 8.18. The summed E-state index contributed by atoms with van der Waals surface area (Å²) in [5, 5.41) is 0. The van der Waals surface area contributed by atoms with Gasteiger partial charge >= 0.3 is 17.9 Å². The molecule has 1 atom stereocenters. The van der Waals surface area contributed by atoms with Crippen molar-refractivity contribution in [3.63, 3.8) is 0 Å². The van der Waals surface area contributed by atoms with Crippen molar-refractivity contribution in [3.8, 4) is 0 Å². The first kappa shape index (κ1) is 65.8. The highest BCUT2D eigenvalue weighted by Gasteiger charge is 2.19. The first-order chi connectivity index (χ1) is 34.0. The molecule has 0 rings (SSSR count). The lowest BCUT2D eigenvalue weighted by Crippen LogP contribution is -2.30. The predicted molar refractivity (Wildman–Crippen MR) is 298 cm³/mol. The molecule has 0 spiro atoms. The van der Waals surface area contributed by atoms with E-state index in [9.17, 15) is 14.4 Å². The van der Waals surface area contributed by atoms with Crippen LogP contribution in [0.4, 0.5) is 0 Å². The van der Waals surface area contributed by atoms with Crippen molar-refractivity contribution in [1.82, 2.24) is 0 Å². The fourth-order valence-corrected chi connectivity index (χ4v) is 8.18. The average Bonchev–Trinajstić information content (AvgIpc) is 3.35. The average molecular weight is 964 g/mol. The van der Waals surface area contributed by atoms with Crippen molar-refractivity contribution >= 4 is 17.9 Å². The molecule has 0 unspecified atom stereocenters. The van der Waals surface area contributed by atoms with Gasteiger partial charge in [0, 0.05) is 19.3 Å². The number of esters is 3. The highest BCUT2D eigenvalue weighted by atomic mass is 16.6. The minimum absolute atomic E-state index is 0.0853. The zero-order valence-electron chi connectivity index (χ0n) is 45.6. The lowest BCUT2D eigenvalue weighted by atomic mass is 10.1. The Hall–Kier alpha value is -3.15. The Kier molecular flexibility index (Phi) is 54.8. The van der Waals surface area contributed by atoms with E-state index in [-0.39, 0.29) is 31.1 Å². The Morgan fingerprint density at radius 3 is 0.797 bits per heavy atom. The predicted octanol–water partition coefficient (Wildman–Crippen LogP) is 19.8. The van der Waals surface area contributed by atoms with Crippen LogP contribution in [0.5, 0.6) is 0 Å². The third-order valence-electron chi connectivity index (χ3n) is 12.7. The number of ether oxygens (including phenoxy) is 3. The van der Waals surface area contributed by atoms with E-state index in [0.29, 0.717) is 19.3 Å². The molecular formula is C63H110O6. The third kappa shape index (κ3) is 55.6. The first-order valence-electron chi connectivity index (χ1n) is 29.4. The molecule has 0 fully saturated rings. The maximum atomic E-state index is 12.9. The van der Waals surface area contributed by atoms with Crippen LogP contribution < -0.4 is 0 Å². The molecule has 0 saturated heterocycles. The van der Waals surface area contributed by atoms with Gasteiger partial charge in [-0.2, -0.15) is 0 Å². The van der Waals surface area contributed by atoms with Crippen LogP contribution in [0.2, 0.25) is 0 Å². The van der Waals surface area contributed by atoms with Gasteiger partial charge in [-0.25, -0.2) is 0 Å². The van der Waals surface area contributed by atoms with Gasteiger partial charge in [0.25, 0.3) is 0 Å². The molecular weight excluding hydrogens is 853 g/mol. The van der Waals surface area contributed by atoms with Crippen LogP contribution in [-0.4, -0.2) is 37.2 Å². The highest BCUT2D eigenvalue weighted by molar-refractivity contribution is 5.71.